The highest BCUT2D eigenvalue weighted by atomic mass is 16.2. The van der Waals surface area contributed by atoms with E-state index in [0.29, 0.717) is 30.1 Å². The summed E-state index contributed by atoms with van der Waals surface area (Å²) in [5.41, 5.74) is 0. The fourth-order valence-electron chi connectivity index (χ4n) is 3.89. The number of hydrogen-bond donors (Lipinski definition) is 1. The van der Waals surface area contributed by atoms with Crippen LogP contribution in [0.15, 0.2) is 0 Å². The van der Waals surface area contributed by atoms with Crippen LogP contribution in [0.2, 0.25) is 0 Å². The lowest BCUT2D eigenvalue weighted by Gasteiger charge is -2.43. The fourth-order valence-corrected chi connectivity index (χ4v) is 3.89. The summed E-state index contributed by atoms with van der Waals surface area (Å²) in [5.74, 6) is 0.307. The van der Waals surface area contributed by atoms with Gasteiger partial charge in [-0.1, -0.05) is 0 Å². The number of carbonyl (C=O) groups is 1. The third kappa shape index (κ3) is 2.79. The van der Waals surface area contributed by atoms with E-state index in [1.165, 1.54) is 12.8 Å². The van der Waals surface area contributed by atoms with Gasteiger partial charge in [0.2, 0.25) is 5.91 Å². The molecule has 2 aliphatic heterocycles. The lowest BCUT2D eigenvalue weighted by molar-refractivity contribution is -0.143. The van der Waals surface area contributed by atoms with Crippen molar-refractivity contribution in [2.75, 3.05) is 13.1 Å². The molecule has 2 fully saturated rings. The molecule has 19 heavy (non-hydrogen) atoms. The number of carbonyl (C=O) groups excluding carboxylic acids is 1. The van der Waals surface area contributed by atoms with E-state index in [0.717, 1.165) is 13.1 Å². The maximum Gasteiger partial charge on any atom is 0.240 e. The van der Waals surface area contributed by atoms with Crippen LogP contribution in [0.1, 0.15) is 47.5 Å². The molecule has 0 spiro atoms. The molecule has 2 heterocycles. The van der Waals surface area contributed by atoms with Crippen molar-refractivity contribution in [3.8, 4) is 0 Å². The van der Waals surface area contributed by atoms with Crippen molar-refractivity contribution in [2.45, 2.75) is 77.7 Å². The molecule has 0 saturated carbocycles. The Morgan fingerprint density at radius 2 is 1.47 bits per heavy atom. The average Bonchev–Trinajstić information content (AvgIpc) is 2.68. The summed E-state index contributed by atoms with van der Waals surface area (Å²) >= 11 is 0. The summed E-state index contributed by atoms with van der Waals surface area (Å²) < 4.78 is 0. The molecule has 0 aromatic rings. The molecule has 0 aliphatic carbocycles. The van der Waals surface area contributed by atoms with E-state index in [4.69, 9.17) is 0 Å². The van der Waals surface area contributed by atoms with Gasteiger partial charge in [-0.15, -0.1) is 0 Å². The number of hydrogen-bond acceptors (Lipinski definition) is 3. The van der Waals surface area contributed by atoms with Crippen LogP contribution in [-0.2, 0) is 4.79 Å². The first kappa shape index (κ1) is 14.8. The van der Waals surface area contributed by atoms with Crippen molar-refractivity contribution in [3.05, 3.63) is 0 Å². The van der Waals surface area contributed by atoms with E-state index in [-0.39, 0.29) is 6.04 Å². The van der Waals surface area contributed by atoms with Gasteiger partial charge in [0.1, 0.15) is 0 Å². The van der Waals surface area contributed by atoms with Crippen LogP contribution < -0.4 is 5.32 Å². The van der Waals surface area contributed by atoms with Crippen LogP contribution in [-0.4, -0.2) is 59.0 Å². The lowest BCUT2D eigenvalue weighted by atomic mass is 10.1. The van der Waals surface area contributed by atoms with Gasteiger partial charge in [-0.3, -0.25) is 9.69 Å². The smallest absolute Gasteiger partial charge is 0.240 e. The summed E-state index contributed by atoms with van der Waals surface area (Å²) in [5, 5.41) is 3.39. The molecule has 4 nitrogen and oxygen atoms in total. The molecular weight excluding hydrogens is 238 g/mol. The zero-order valence-electron chi connectivity index (χ0n) is 13.0. The first-order valence-corrected chi connectivity index (χ1v) is 7.73. The first-order chi connectivity index (χ1) is 8.93. The zero-order chi connectivity index (χ0) is 14.2. The normalized spacial score (nSPS) is 38.5. The summed E-state index contributed by atoms with van der Waals surface area (Å²) in [6.45, 7) is 12.7. The third-order valence-electron chi connectivity index (χ3n) is 4.91. The highest BCUT2D eigenvalue weighted by Crippen LogP contribution is 2.27. The van der Waals surface area contributed by atoms with Gasteiger partial charge in [0.25, 0.3) is 0 Å². The minimum absolute atomic E-state index is 0.00972. The van der Waals surface area contributed by atoms with Crippen LogP contribution in [0.5, 0.6) is 0 Å². The number of piperazine rings is 1. The SMILES string of the molecule is CC1CNCC(C)N1C(=O)C(C)N1C(C)CCC1C. The lowest BCUT2D eigenvalue weighted by Crippen LogP contribution is -2.61. The molecule has 2 rings (SSSR count). The highest BCUT2D eigenvalue weighted by Gasteiger charge is 2.39. The van der Waals surface area contributed by atoms with Gasteiger partial charge in [-0.25, -0.2) is 0 Å². The molecule has 5 atom stereocenters. The third-order valence-corrected chi connectivity index (χ3v) is 4.91. The van der Waals surface area contributed by atoms with Gasteiger partial charge in [0.05, 0.1) is 6.04 Å². The Morgan fingerprint density at radius 1 is 1.00 bits per heavy atom. The van der Waals surface area contributed by atoms with Gasteiger partial charge < -0.3 is 10.2 Å². The molecule has 110 valence electrons. The van der Waals surface area contributed by atoms with Crippen molar-refractivity contribution >= 4 is 5.91 Å². The number of amides is 1. The van der Waals surface area contributed by atoms with Crippen LogP contribution in [0.25, 0.3) is 0 Å². The van der Waals surface area contributed by atoms with Gasteiger partial charge in [0, 0.05) is 37.3 Å². The van der Waals surface area contributed by atoms with Crippen LogP contribution in [0.3, 0.4) is 0 Å². The van der Waals surface area contributed by atoms with E-state index in [1.807, 2.05) is 0 Å². The molecule has 1 amide bonds. The Labute approximate surface area is 117 Å². The van der Waals surface area contributed by atoms with Crippen molar-refractivity contribution in [2.24, 2.45) is 0 Å². The Kier molecular flexibility index (Phi) is 4.51. The Balaban J connectivity index is 2.09. The molecule has 5 unspecified atom stereocenters. The van der Waals surface area contributed by atoms with Crippen molar-refractivity contribution < 1.29 is 4.79 Å². The molecule has 1 N–H and O–H groups in total. The van der Waals surface area contributed by atoms with Crippen LogP contribution in [0.4, 0.5) is 0 Å². The monoisotopic (exact) mass is 267 g/mol. The summed E-state index contributed by atoms with van der Waals surface area (Å²) in [7, 11) is 0. The van der Waals surface area contributed by atoms with Crippen LogP contribution in [0, 0.1) is 0 Å². The van der Waals surface area contributed by atoms with E-state index in [9.17, 15) is 4.79 Å². The molecule has 0 aromatic carbocycles. The number of rotatable bonds is 2. The second kappa shape index (κ2) is 5.80. The van der Waals surface area contributed by atoms with Gasteiger partial charge >= 0.3 is 0 Å². The zero-order valence-corrected chi connectivity index (χ0v) is 13.0. The Morgan fingerprint density at radius 3 is 1.95 bits per heavy atom. The van der Waals surface area contributed by atoms with E-state index >= 15 is 0 Å². The number of likely N-dealkylation sites (tertiary alicyclic amines) is 1. The molecule has 0 bridgehead atoms. The maximum atomic E-state index is 12.9. The minimum Gasteiger partial charge on any atom is -0.333 e. The van der Waals surface area contributed by atoms with Crippen molar-refractivity contribution in [3.63, 3.8) is 0 Å². The quantitative estimate of drug-likeness (QED) is 0.823. The van der Waals surface area contributed by atoms with Crippen molar-refractivity contribution in [1.82, 2.24) is 15.1 Å². The van der Waals surface area contributed by atoms with Gasteiger partial charge in [-0.2, -0.15) is 0 Å². The minimum atomic E-state index is 0.00972. The number of nitrogens with one attached hydrogen (secondary N) is 1. The molecule has 2 aliphatic rings. The molecule has 4 heteroatoms. The predicted molar refractivity (Wildman–Crippen MR) is 78.1 cm³/mol. The van der Waals surface area contributed by atoms with Crippen molar-refractivity contribution in [1.29, 1.82) is 0 Å². The van der Waals surface area contributed by atoms with Gasteiger partial charge in [0.15, 0.2) is 0 Å². The van der Waals surface area contributed by atoms with E-state index in [1.54, 1.807) is 0 Å². The molecular formula is C15H29N3O. The summed E-state index contributed by atoms with van der Waals surface area (Å²) in [6, 6.07) is 1.67. The van der Waals surface area contributed by atoms with Crippen LogP contribution >= 0.6 is 0 Å². The molecule has 0 aromatic heterocycles. The second-order valence-electron chi connectivity index (χ2n) is 6.50. The number of nitrogens with zero attached hydrogens (tertiary/aromatic N) is 2. The Hall–Kier alpha value is -0.610. The highest BCUT2D eigenvalue weighted by molar-refractivity contribution is 5.82. The Bertz CT molecular complexity index is 313. The largest absolute Gasteiger partial charge is 0.333 e. The predicted octanol–water partition coefficient (Wildman–Crippen LogP) is 1.46. The molecule has 2 saturated heterocycles. The second-order valence-corrected chi connectivity index (χ2v) is 6.50. The van der Waals surface area contributed by atoms with Gasteiger partial charge in [-0.05, 0) is 47.5 Å². The summed E-state index contributed by atoms with van der Waals surface area (Å²) in [4.78, 5) is 17.4. The standard InChI is InChI=1S/C15H29N3O/c1-10-6-7-11(2)17(10)14(5)15(19)18-12(3)8-16-9-13(18)4/h10-14,16H,6-9H2,1-5H3. The topological polar surface area (TPSA) is 35.6 Å². The summed E-state index contributed by atoms with van der Waals surface area (Å²) in [6.07, 6.45) is 2.43. The van der Waals surface area contributed by atoms with E-state index < -0.39 is 0 Å². The fraction of sp³-hybridized carbons (Fsp3) is 0.933. The first-order valence-electron chi connectivity index (χ1n) is 7.73. The maximum absolute atomic E-state index is 12.9. The molecule has 0 radical (unpaired) electrons. The van der Waals surface area contributed by atoms with E-state index in [2.05, 4.69) is 49.7 Å². The average molecular weight is 267 g/mol.